The number of carbonyl (C=O) groups is 1. The van der Waals surface area contributed by atoms with Crippen LogP contribution in [0.2, 0.25) is 0 Å². The van der Waals surface area contributed by atoms with Crippen LogP contribution in [-0.4, -0.2) is 21.5 Å². The van der Waals surface area contributed by atoms with Crippen LogP contribution in [0, 0.1) is 6.92 Å². The van der Waals surface area contributed by atoms with Gasteiger partial charge in [0.1, 0.15) is 10.6 Å². The van der Waals surface area contributed by atoms with Crippen LogP contribution in [-0.2, 0) is 21.0 Å². The molecule has 0 spiro atoms. The highest BCUT2D eigenvalue weighted by atomic mass is 32.2. The predicted molar refractivity (Wildman–Crippen MR) is 81.8 cm³/mol. The fourth-order valence-electron chi connectivity index (χ4n) is 2.07. The average molecular weight is 374 g/mol. The first-order valence-electron chi connectivity index (χ1n) is 6.85. The van der Waals surface area contributed by atoms with E-state index in [0.29, 0.717) is 6.07 Å². The molecule has 134 valence electrons. The van der Waals surface area contributed by atoms with Crippen LogP contribution in [0.5, 0.6) is 5.75 Å². The Morgan fingerprint density at radius 1 is 1.08 bits per heavy atom. The first-order chi connectivity index (χ1) is 11.5. The zero-order chi connectivity index (χ0) is 18.8. The van der Waals surface area contributed by atoms with Crippen LogP contribution < -0.4 is 4.18 Å². The van der Waals surface area contributed by atoms with Crippen molar-refractivity contribution in [2.24, 2.45) is 0 Å². The fourth-order valence-corrected chi connectivity index (χ4v) is 3.21. The summed E-state index contributed by atoms with van der Waals surface area (Å²) in [6.45, 7) is 1.43. The Labute approximate surface area is 142 Å². The molecule has 0 bridgehead atoms. The summed E-state index contributed by atoms with van der Waals surface area (Å²) in [5, 5.41) is 0. The topological polar surface area (TPSA) is 69.7 Å². The molecule has 0 fully saturated rings. The number of halogens is 3. The summed E-state index contributed by atoms with van der Waals surface area (Å²) in [5.41, 5.74) is -0.703. The van der Waals surface area contributed by atoms with Crippen LogP contribution in [0.1, 0.15) is 21.5 Å². The maximum atomic E-state index is 12.7. The second-order valence-electron chi connectivity index (χ2n) is 5.03. The van der Waals surface area contributed by atoms with Crippen molar-refractivity contribution < 1.29 is 35.3 Å². The predicted octanol–water partition coefficient (Wildman–Crippen LogP) is 3.57. The summed E-state index contributed by atoms with van der Waals surface area (Å²) >= 11 is 0. The van der Waals surface area contributed by atoms with Gasteiger partial charge < -0.3 is 8.92 Å². The van der Waals surface area contributed by atoms with Crippen molar-refractivity contribution in [1.82, 2.24) is 0 Å². The molecule has 25 heavy (non-hydrogen) atoms. The van der Waals surface area contributed by atoms with E-state index in [-0.39, 0.29) is 16.0 Å². The van der Waals surface area contributed by atoms with Gasteiger partial charge in [0, 0.05) is 0 Å². The van der Waals surface area contributed by atoms with Crippen LogP contribution in [0.3, 0.4) is 0 Å². The maximum absolute atomic E-state index is 12.7. The minimum Gasteiger partial charge on any atom is -0.465 e. The van der Waals surface area contributed by atoms with Gasteiger partial charge in [-0.1, -0.05) is 6.07 Å². The van der Waals surface area contributed by atoms with E-state index in [2.05, 4.69) is 4.74 Å². The quantitative estimate of drug-likeness (QED) is 0.605. The van der Waals surface area contributed by atoms with Crippen LogP contribution in [0.4, 0.5) is 13.2 Å². The maximum Gasteiger partial charge on any atom is 0.416 e. The minimum atomic E-state index is -4.62. The Hall–Kier alpha value is -2.55. The molecular weight excluding hydrogens is 361 g/mol. The normalized spacial score (nSPS) is 11.9. The Morgan fingerprint density at radius 3 is 2.32 bits per heavy atom. The lowest BCUT2D eigenvalue weighted by atomic mass is 10.1. The van der Waals surface area contributed by atoms with Crippen molar-refractivity contribution in [3.05, 3.63) is 59.2 Å². The van der Waals surface area contributed by atoms with Crippen molar-refractivity contribution in [2.75, 3.05) is 7.11 Å². The molecule has 0 saturated heterocycles. The lowest BCUT2D eigenvalue weighted by Gasteiger charge is -2.12. The Kier molecular flexibility index (Phi) is 5.07. The smallest absolute Gasteiger partial charge is 0.416 e. The van der Waals surface area contributed by atoms with Gasteiger partial charge in [-0.05, 0) is 48.9 Å². The SMILES string of the molecule is COC(=O)c1ccc(S(=O)(=O)Oc2cccc(C(F)(F)F)c2)c(C)c1. The van der Waals surface area contributed by atoms with Crippen molar-refractivity contribution in [2.45, 2.75) is 18.0 Å². The van der Waals surface area contributed by atoms with Crippen LogP contribution in [0.25, 0.3) is 0 Å². The highest BCUT2D eigenvalue weighted by Gasteiger charge is 2.31. The highest BCUT2D eigenvalue weighted by molar-refractivity contribution is 7.87. The van der Waals surface area contributed by atoms with E-state index < -0.39 is 33.6 Å². The average Bonchev–Trinajstić information content (AvgIpc) is 2.52. The van der Waals surface area contributed by atoms with Gasteiger partial charge in [-0.3, -0.25) is 0 Å². The number of carbonyl (C=O) groups excluding carboxylic acids is 1. The second-order valence-corrected chi connectivity index (χ2v) is 6.55. The molecule has 0 N–H and O–H groups in total. The number of aryl methyl sites for hydroxylation is 1. The van der Waals surface area contributed by atoms with Gasteiger partial charge in [-0.15, -0.1) is 0 Å². The van der Waals surface area contributed by atoms with Gasteiger partial charge in [0.25, 0.3) is 0 Å². The third-order valence-corrected chi connectivity index (χ3v) is 4.64. The Balaban J connectivity index is 2.36. The number of hydrogen-bond acceptors (Lipinski definition) is 5. The minimum absolute atomic E-state index is 0.137. The summed E-state index contributed by atoms with van der Waals surface area (Å²) in [7, 11) is -3.20. The standard InChI is InChI=1S/C16H13F3O5S/c1-10-8-11(15(20)23-2)6-7-14(10)25(21,22)24-13-5-3-4-12(9-13)16(17,18)19/h3-9H,1-2H3. The van der Waals surface area contributed by atoms with Gasteiger partial charge in [0.15, 0.2) is 0 Å². The molecule has 0 aliphatic rings. The number of methoxy groups -OCH3 is 1. The van der Waals surface area contributed by atoms with Crippen molar-refractivity contribution in [3.63, 3.8) is 0 Å². The third kappa shape index (κ3) is 4.30. The van der Waals surface area contributed by atoms with E-state index >= 15 is 0 Å². The monoisotopic (exact) mass is 374 g/mol. The summed E-state index contributed by atoms with van der Waals surface area (Å²) in [6.07, 6.45) is -4.62. The van der Waals surface area contributed by atoms with E-state index in [4.69, 9.17) is 4.18 Å². The molecule has 0 radical (unpaired) electrons. The molecule has 2 aromatic carbocycles. The van der Waals surface area contributed by atoms with Crippen molar-refractivity contribution in [1.29, 1.82) is 0 Å². The molecular formula is C16H13F3O5S. The van der Waals surface area contributed by atoms with Crippen LogP contribution in [0.15, 0.2) is 47.4 Å². The van der Waals surface area contributed by atoms with E-state index in [1.165, 1.54) is 26.2 Å². The summed E-state index contributed by atoms with van der Waals surface area (Å²) < 4.78 is 72.0. The zero-order valence-corrected chi connectivity index (χ0v) is 13.9. The van der Waals surface area contributed by atoms with Crippen molar-refractivity contribution in [3.8, 4) is 5.75 Å². The van der Waals surface area contributed by atoms with Gasteiger partial charge in [0.2, 0.25) is 0 Å². The molecule has 0 heterocycles. The zero-order valence-electron chi connectivity index (χ0n) is 13.1. The molecule has 0 atom stereocenters. The summed E-state index contributed by atoms with van der Waals surface area (Å²) in [5.74, 6) is -1.11. The second kappa shape index (κ2) is 6.75. The van der Waals surface area contributed by atoms with E-state index in [9.17, 15) is 26.4 Å². The number of benzene rings is 2. The lowest BCUT2D eigenvalue weighted by molar-refractivity contribution is -0.137. The van der Waals surface area contributed by atoms with Gasteiger partial charge in [-0.2, -0.15) is 21.6 Å². The largest absolute Gasteiger partial charge is 0.465 e. The molecule has 5 nitrogen and oxygen atoms in total. The van der Waals surface area contributed by atoms with Gasteiger partial charge >= 0.3 is 22.3 Å². The van der Waals surface area contributed by atoms with E-state index in [0.717, 1.165) is 24.3 Å². The third-order valence-electron chi connectivity index (χ3n) is 3.23. The molecule has 0 aliphatic carbocycles. The molecule has 0 saturated carbocycles. The number of rotatable bonds is 4. The number of hydrogen-bond donors (Lipinski definition) is 0. The molecule has 0 aromatic heterocycles. The van der Waals surface area contributed by atoms with E-state index in [1.54, 1.807) is 0 Å². The molecule has 0 unspecified atom stereocenters. The molecule has 0 aliphatic heterocycles. The lowest BCUT2D eigenvalue weighted by Crippen LogP contribution is -2.13. The Morgan fingerprint density at radius 2 is 1.76 bits per heavy atom. The van der Waals surface area contributed by atoms with E-state index in [1.807, 2.05) is 0 Å². The fraction of sp³-hybridized carbons (Fsp3) is 0.188. The highest BCUT2D eigenvalue weighted by Crippen LogP contribution is 2.32. The first-order valence-corrected chi connectivity index (χ1v) is 8.26. The summed E-state index contributed by atoms with van der Waals surface area (Å²) in [4.78, 5) is 11.2. The number of esters is 1. The van der Waals surface area contributed by atoms with Gasteiger partial charge in [0.05, 0.1) is 18.2 Å². The molecule has 2 aromatic rings. The van der Waals surface area contributed by atoms with Crippen LogP contribution >= 0.6 is 0 Å². The molecule has 0 amide bonds. The number of ether oxygens (including phenoxy) is 1. The van der Waals surface area contributed by atoms with Gasteiger partial charge in [-0.25, -0.2) is 4.79 Å². The Bertz CT molecular complexity index is 904. The molecule has 2 rings (SSSR count). The molecule has 9 heteroatoms. The van der Waals surface area contributed by atoms with Crippen molar-refractivity contribution >= 4 is 16.1 Å². The number of alkyl halides is 3. The first kappa shape index (κ1) is 18.8. The summed E-state index contributed by atoms with van der Waals surface area (Å²) in [6, 6.07) is 7.18.